The third-order valence-corrected chi connectivity index (χ3v) is 4.77. The van der Waals surface area contributed by atoms with Gasteiger partial charge in [-0.2, -0.15) is 5.10 Å². The van der Waals surface area contributed by atoms with Gasteiger partial charge in [-0.15, -0.1) is 24.0 Å². The van der Waals surface area contributed by atoms with Gasteiger partial charge in [0, 0.05) is 50.5 Å². The topological polar surface area (TPSA) is 75.6 Å². The van der Waals surface area contributed by atoms with Gasteiger partial charge in [-0.05, 0) is 48.0 Å². The first-order valence-electron chi connectivity index (χ1n) is 9.19. The summed E-state index contributed by atoms with van der Waals surface area (Å²) < 4.78 is 14.8. The van der Waals surface area contributed by atoms with Crippen LogP contribution in [-0.4, -0.2) is 51.8 Å². The summed E-state index contributed by atoms with van der Waals surface area (Å²) >= 11 is 0. The number of benzene rings is 1. The third-order valence-electron chi connectivity index (χ3n) is 4.77. The van der Waals surface area contributed by atoms with Gasteiger partial charge in [0.2, 0.25) is 0 Å². The molecule has 0 bridgehead atoms. The van der Waals surface area contributed by atoms with E-state index in [-0.39, 0.29) is 29.8 Å². The van der Waals surface area contributed by atoms with Crippen LogP contribution < -0.4 is 10.6 Å². The number of nitrogens with two attached hydrogens (primary N) is 1. The predicted molar refractivity (Wildman–Crippen MR) is 122 cm³/mol. The fraction of sp³-hybridized carbons (Fsp3) is 0.250. The molecule has 3 heterocycles. The van der Waals surface area contributed by atoms with E-state index >= 15 is 0 Å². The fourth-order valence-electron chi connectivity index (χ4n) is 3.21. The highest BCUT2D eigenvalue weighted by Gasteiger charge is 2.18. The molecule has 3 aromatic rings. The van der Waals surface area contributed by atoms with Gasteiger partial charge in [0.1, 0.15) is 5.82 Å². The van der Waals surface area contributed by atoms with E-state index in [1.54, 1.807) is 17.1 Å². The molecule has 0 atom stereocenters. The molecule has 9 heteroatoms. The molecule has 0 radical (unpaired) electrons. The molecule has 0 aliphatic carbocycles. The lowest BCUT2D eigenvalue weighted by Gasteiger charge is -2.36. The van der Waals surface area contributed by atoms with Crippen LogP contribution >= 0.6 is 24.0 Å². The molecular weight excluding hydrogens is 484 g/mol. The average Bonchev–Trinajstić information content (AvgIpc) is 3.28. The molecule has 1 aliphatic rings. The minimum Gasteiger partial charge on any atom is -0.370 e. The molecule has 0 saturated carbocycles. The van der Waals surface area contributed by atoms with E-state index in [0.717, 1.165) is 43.2 Å². The minimum atomic E-state index is -0.217. The maximum absolute atomic E-state index is 13.1. The van der Waals surface area contributed by atoms with E-state index in [9.17, 15) is 4.39 Å². The Kier molecular flexibility index (Phi) is 7.02. The Labute approximate surface area is 186 Å². The second kappa shape index (κ2) is 9.68. The Morgan fingerprint density at radius 3 is 2.52 bits per heavy atom. The molecule has 4 rings (SSSR count). The monoisotopic (exact) mass is 507 g/mol. The van der Waals surface area contributed by atoms with Crippen LogP contribution in [0.15, 0.2) is 66.0 Å². The van der Waals surface area contributed by atoms with Crippen molar-refractivity contribution in [2.24, 2.45) is 10.7 Å². The summed E-state index contributed by atoms with van der Waals surface area (Å²) in [4.78, 5) is 13.2. The maximum Gasteiger partial charge on any atom is 0.191 e. The Morgan fingerprint density at radius 2 is 1.83 bits per heavy atom. The van der Waals surface area contributed by atoms with Crippen molar-refractivity contribution >= 4 is 35.6 Å². The molecule has 1 fully saturated rings. The highest BCUT2D eigenvalue weighted by atomic mass is 127. The highest BCUT2D eigenvalue weighted by Crippen LogP contribution is 2.17. The Balaban J connectivity index is 0.00000240. The zero-order valence-corrected chi connectivity index (χ0v) is 18.2. The van der Waals surface area contributed by atoms with E-state index in [2.05, 4.69) is 24.9 Å². The Morgan fingerprint density at radius 1 is 1.07 bits per heavy atom. The largest absolute Gasteiger partial charge is 0.370 e. The highest BCUT2D eigenvalue weighted by molar-refractivity contribution is 14.0. The summed E-state index contributed by atoms with van der Waals surface area (Å²) in [7, 11) is 0. The smallest absolute Gasteiger partial charge is 0.191 e. The summed E-state index contributed by atoms with van der Waals surface area (Å²) in [5, 5.41) is 4.19. The van der Waals surface area contributed by atoms with Crippen molar-refractivity contribution in [3.63, 3.8) is 0 Å². The number of hydrogen-bond acceptors (Lipinski definition) is 4. The van der Waals surface area contributed by atoms with Crippen molar-refractivity contribution in [2.75, 3.05) is 31.1 Å². The number of aliphatic imine (C=N–C) groups is 1. The zero-order chi connectivity index (χ0) is 19.3. The van der Waals surface area contributed by atoms with Crippen LogP contribution in [0.4, 0.5) is 10.1 Å². The molecule has 2 N–H and O–H groups in total. The predicted octanol–water partition coefficient (Wildman–Crippen LogP) is 2.66. The van der Waals surface area contributed by atoms with Gasteiger partial charge in [0.05, 0.1) is 6.54 Å². The Hall–Kier alpha value is -2.69. The molecule has 152 valence electrons. The minimum absolute atomic E-state index is 0. The molecule has 1 saturated heterocycles. The molecule has 1 aliphatic heterocycles. The van der Waals surface area contributed by atoms with Gasteiger partial charge >= 0.3 is 0 Å². The van der Waals surface area contributed by atoms with Crippen LogP contribution in [0.3, 0.4) is 0 Å². The molecule has 29 heavy (non-hydrogen) atoms. The number of hydrogen-bond donors (Lipinski definition) is 1. The molecule has 0 spiro atoms. The zero-order valence-electron chi connectivity index (χ0n) is 15.9. The Bertz CT molecular complexity index is 936. The van der Waals surface area contributed by atoms with E-state index in [1.165, 1.54) is 12.1 Å². The number of halogens is 2. The summed E-state index contributed by atoms with van der Waals surface area (Å²) in [6.45, 7) is 3.69. The standard InChI is InChI=1S/C20H22FN7.HI/c21-17-2-4-18(5-3-17)26-10-12-27(13-11-26)20(22)24-15-16-6-8-23-19(14-16)28-9-1-7-25-28;/h1-9,14H,10-13,15H2,(H2,22,24);1H. The van der Waals surface area contributed by atoms with Gasteiger partial charge < -0.3 is 15.5 Å². The molecular formula is C20H23FIN7. The fourth-order valence-corrected chi connectivity index (χ4v) is 3.21. The van der Waals surface area contributed by atoms with E-state index < -0.39 is 0 Å². The number of guanidine groups is 1. The van der Waals surface area contributed by atoms with Gasteiger partial charge in [-0.25, -0.2) is 19.0 Å². The number of aromatic nitrogens is 3. The first-order valence-corrected chi connectivity index (χ1v) is 9.19. The van der Waals surface area contributed by atoms with Crippen LogP contribution in [0.1, 0.15) is 5.56 Å². The van der Waals surface area contributed by atoms with E-state index in [1.807, 2.05) is 36.5 Å². The normalized spacial score (nSPS) is 14.6. The summed E-state index contributed by atoms with van der Waals surface area (Å²) in [6.07, 6.45) is 5.32. The summed E-state index contributed by atoms with van der Waals surface area (Å²) in [5.74, 6) is 1.07. The van der Waals surface area contributed by atoms with Gasteiger partial charge in [0.15, 0.2) is 11.8 Å². The number of nitrogens with zero attached hydrogens (tertiary/aromatic N) is 6. The molecule has 2 aromatic heterocycles. The lowest BCUT2D eigenvalue weighted by molar-refractivity contribution is 0.380. The first kappa shape index (κ1) is 21.0. The van der Waals surface area contributed by atoms with Crippen LogP contribution in [0.5, 0.6) is 0 Å². The van der Waals surface area contributed by atoms with Crippen molar-refractivity contribution < 1.29 is 4.39 Å². The average molecular weight is 507 g/mol. The molecule has 0 amide bonds. The van der Waals surface area contributed by atoms with Crippen molar-refractivity contribution in [3.8, 4) is 5.82 Å². The summed E-state index contributed by atoms with van der Waals surface area (Å²) in [5.41, 5.74) is 8.26. The number of pyridine rings is 1. The van der Waals surface area contributed by atoms with Gasteiger partial charge in [-0.1, -0.05) is 0 Å². The van der Waals surface area contributed by atoms with E-state index in [4.69, 9.17) is 5.73 Å². The number of rotatable bonds is 4. The van der Waals surface area contributed by atoms with E-state index in [0.29, 0.717) is 12.5 Å². The van der Waals surface area contributed by atoms with Crippen LogP contribution in [0.2, 0.25) is 0 Å². The SMILES string of the molecule is I.NC(=NCc1ccnc(-n2cccn2)c1)N1CCN(c2ccc(F)cc2)CC1. The van der Waals surface area contributed by atoms with Crippen molar-refractivity contribution in [2.45, 2.75) is 6.54 Å². The van der Waals surface area contributed by atoms with Gasteiger partial charge in [-0.3, -0.25) is 0 Å². The van der Waals surface area contributed by atoms with Crippen LogP contribution in [0.25, 0.3) is 5.82 Å². The molecule has 7 nitrogen and oxygen atoms in total. The lowest BCUT2D eigenvalue weighted by Crippen LogP contribution is -2.51. The first-order chi connectivity index (χ1) is 13.7. The number of piperazine rings is 1. The lowest BCUT2D eigenvalue weighted by atomic mass is 10.2. The molecule has 0 unspecified atom stereocenters. The van der Waals surface area contributed by atoms with Crippen molar-refractivity contribution in [3.05, 3.63) is 72.4 Å². The van der Waals surface area contributed by atoms with Crippen molar-refractivity contribution in [1.29, 1.82) is 0 Å². The second-order valence-corrected chi connectivity index (χ2v) is 6.60. The third kappa shape index (κ3) is 5.22. The summed E-state index contributed by atoms with van der Waals surface area (Å²) in [6, 6.07) is 12.3. The number of anilines is 1. The molecule has 1 aromatic carbocycles. The second-order valence-electron chi connectivity index (χ2n) is 6.60. The van der Waals surface area contributed by atoms with Crippen molar-refractivity contribution in [1.82, 2.24) is 19.7 Å². The quantitative estimate of drug-likeness (QED) is 0.334. The van der Waals surface area contributed by atoms with Crippen LogP contribution in [-0.2, 0) is 6.54 Å². The maximum atomic E-state index is 13.1. The van der Waals surface area contributed by atoms with Crippen LogP contribution in [0, 0.1) is 5.82 Å². The van der Waals surface area contributed by atoms with Gasteiger partial charge in [0.25, 0.3) is 0 Å².